The molecule has 0 bridgehead atoms. The lowest BCUT2D eigenvalue weighted by Gasteiger charge is -2.04. The van der Waals surface area contributed by atoms with E-state index >= 15 is 0 Å². The Bertz CT molecular complexity index is 158. The lowest BCUT2D eigenvalue weighted by Crippen LogP contribution is -2.24. The van der Waals surface area contributed by atoms with Crippen LogP contribution in [0.5, 0.6) is 0 Å². The fourth-order valence-electron chi connectivity index (χ4n) is 2.00. The fourth-order valence-corrected chi connectivity index (χ4v) is 2.00. The van der Waals surface area contributed by atoms with Gasteiger partial charge in [-0.3, -0.25) is 0 Å². The molecule has 2 rings (SSSR count). The SMILES string of the molecule is CC1C(=O)[N+]12CCCC2. The maximum Gasteiger partial charge on any atom is 0.372 e. The Kier molecular flexibility index (Phi) is 0.826. The van der Waals surface area contributed by atoms with Crippen LogP contribution in [0.4, 0.5) is 0 Å². The van der Waals surface area contributed by atoms with Gasteiger partial charge in [0.25, 0.3) is 0 Å². The number of hydrogen-bond acceptors (Lipinski definition) is 1. The molecule has 2 saturated heterocycles. The zero-order valence-electron chi connectivity index (χ0n) is 5.76. The number of nitrogens with zero attached hydrogens (tertiary/aromatic N) is 1. The van der Waals surface area contributed by atoms with Crippen LogP contribution in [-0.4, -0.2) is 29.5 Å². The first-order chi connectivity index (χ1) is 4.27. The highest BCUT2D eigenvalue weighted by Crippen LogP contribution is 2.37. The van der Waals surface area contributed by atoms with E-state index in [9.17, 15) is 4.79 Å². The summed E-state index contributed by atoms with van der Waals surface area (Å²) in [6.45, 7) is 4.30. The molecule has 2 heterocycles. The molecule has 2 aliphatic heterocycles. The average Bonchev–Trinajstić information content (AvgIpc) is 2.44. The Morgan fingerprint density at radius 2 is 1.89 bits per heavy atom. The third-order valence-electron chi connectivity index (χ3n) is 2.83. The minimum atomic E-state index is 0.354. The summed E-state index contributed by atoms with van der Waals surface area (Å²) in [5.41, 5.74) is 0. The van der Waals surface area contributed by atoms with Gasteiger partial charge < -0.3 is 0 Å². The lowest BCUT2D eigenvalue weighted by molar-refractivity contribution is -0.761. The molecule has 2 aliphatic rings. The highest BCUT2D eigenvalue weighted by Gasteiger charge is 2.65. The molecule has 0 aliphatic carbocycles. The second-order valence-electron chi connectivity index (χ2n) is 3.20. The number of amides is 1. The van der Waals surface area contributed by atoms with Crippen LogP contribution < -0.4 is 0 Å². The molecule has 50 valence electrons. The van der Waals surface area contributed by atoms with Crippen molar-refractivity contribution < 1.29 is 9.28 Å². The van der Waals surface area contributed by atoms with Crippen molar-refractivity contribution >= 4 is 5.91 Å². The summed E-state index contributed by atoms with van der Waals surface area (Å²) in [6, 6.07) is 0.354. The van der Waals surface area contributed by atoms with E-state index < -0.39 is 0 Å². The summed E-state index contributed by atoms with van der Waals surface area (Å²) < 4.78 is 0.833. The zero-order chi connectivity index (χ0) is 6.48. The van der Waals surface area contributed by atoms with E-state index in [1.165, 1.54) is 12.8 Å². The molecule has 1 atom stereocenters. The molecular weight excluding hydrogens is 114 g/mol. The van der Waals surface area contributed by atoms with Gasteiger partial charge in [-0.25, -0.2) is 9.28 Å². The Balaban J connectivity index is 2.20. The van der Waals surface area contributed by atoms with E-state index in [-0.39, 0.29) is 0 Å². The first-order valence-electron chi connectivity index (χ1n) is 3.68. The van der Waals surface area contributed by atoms with Crippen LogP contribution in [-0.2, 0) is 4.79 Å². The van der Waals surface area contributed by atoms with E-state index in [4.69, 9.17) is 0 Å². The topological polar surface area (TPSA) is 17.1 Å². The Morgan fingerprint density at radius 1 is 1.44 bits per heavy atom. The van der Waals surface area contributed by atoms with E-state index in [1.807, 2.05) is 6.92 Å². The van der Waals surface area contributed by atoms with Crippen molar-refractivity contribution in [3.8, 4) is 0 Å². The summed E-state index contributed by atoms with van der Waals surface area (Å²) in [5.74, 6) is 0.479. The number of quaternary nitrogens is 1. The van der Waals surface area contributed by atoms with Gasteiger partial charge in [0.1, 0.15) is 0 Å². The van der Waals surface area contributed by atoms with E-state index in [0.29, 0.717) is 11.9 Å². The molecule has 9 heavy (non-hydrogen) atoms. The van der Waals surface area contributed by atoms with Crippen molar-refractivity contribution in [2.75, 3.05) is 13.1 Å². The van der Waals surface area contributed by atoms with Crippen LogP contribution >= 0.6 is 0 Å². The first kappa shape index (κ1) is 5.42. The van der Waals surface area contributed by atoms with Gasteiger partial charge in [0.05, 0.1) is 13.1 Å². The Labute approximate surface area is 55.0 Å². The highest BCUT2D eigenvalue weighted by atomic mass is 16.2. The molecule has 2 heteroatoms. The average molecular weight is 126 g/mol. The van der Waals surface area contributed by atoms with Gasteiger partial charge in [-0.15, -0.1) is 0 Å². The van der Waals surface area contributed by atoms with Gasteiger partial charge >= 0.3 is 5.91 Å². The van der Waals surface area contributed by atoms with Crippen molar-refractivity contribution in [2.45, 2.75) is 25.8 Å². The van der Waals surface area contributed by atoms with Crippen LogP contribution in [0.1, 0.15) is 19.8 Å². The Hall–Kier alpha value is -0.370. The van der Waals surface area contributed by atoms with E-state index in [2.05, 4.69) is 0 Å². The van der Waals surface area contributed by atoms with Crippen LogP contribution in [0.2, 0.25) is 0 Å². The van der Waals surface area contributed by atoms with Gasteiger partial charge in [-0.1, -0.05) is 0 Å². The van der Waals surface area contributed by atoms with Gasteiger partial charge in [-0.05, 0) is 0 Å². The predicted molar refractivity (Wildman–Crippen MR) is 33.7 cm³/mol. The van der Waals surface area contributed by atoms with Gasteiger partial charge in [0.2, 0.25) is 6.04 Å². The predicted octanol–water partition coefficient (Wildman–Crippen LogP) is 0.526. The molecule has 2 fully saturated rings. The number of carbonyl (C=O) groups is 1. The van der Waals surface area contributed by atoms with Crippen LogP contribution in [0.15, 0.2) is 0 Å². The first-order valence-corrected chi connectivity index (χ1v) is 3.68. The fraction of sp³-hybridized carbons (Fsp3) is 0.857. The van der Waals surface area contributed by atoms with Crippen molar-refractivity contribution in [1.82, 2.24) is 0 Å². The van der Waals surface area contributed by atoms with Crippen molar-refractivity contribution in [3.05, 3.63) is 0 Å². The third-order valence-corrected chi connectivity index (χ3v) is 2.83. The second kappa shape index (κ2) is 1.37. The maximum atomic E-state index is 11.0. The summed E-state index contributed by atoms with van der Waals surface area (Å²) in [7, 11) is 0. The number of rotatable bonds is 0. The number of hydrogen-bond donors (Lipinski definition) is 0. The smallest absolute Gasteiger partial charge is 0.242 e. The Morgan fingerprint density at radius 3 is 2.11 bits per heavy atom. The third kappa shape index (κ3) is 0.472. The largest absolute Gasteiger partial charge is 0.372 e. The van der Waals surface area contributed by atoms with Crippen molar-refractivity contribution in [2.24, 2.45) is 0 Å². The summed E-state index contributed by atoms with van der Waals surface area (Å²) in [4.78, 5) is 11.0. The highest BCUT2D eigenvalue weighted by molar-refractivity contribution is 5.86. The summed E-state index contributed by atoms with van der Waals surface area (Å²) >= 11 is 0. The standard InChI is InChI=1S/C7H12NO/c1-6-7(9)8(6)4-2-3-5-8/h6H,2-5H2,1H3/q+1. The van der Waals surface area contributed by atoms with Gasteiger partial charge in [-0.2, -0.15) is 0 Å². The van der Waals surface area contributed by atoms with Gasteiger partial charge in [0, 0.05) is 19.8 Å². The molecule has 0 radical (unpaired) electrons. The van der Waals surface area contributed by atoms with Crippen LogP contribution in [0.25, 0.3) is 0 Å². The zero-order valence-corrected chi connectivity index (χ0v) is 5.76. The molecule has 0 N–H and O–H groups in total. The summed E-state index contributed by atoms with van der Waals surface area (Å²) in [6.07, 6.45) is 2.52. The quantitative estimate of drug-likeness (QED) is 0.342. The molecule has 0 aromatic carbocycles. The summed E-state index contributed by atoms with van der Waals surface area (Å²) in [5, 5.41) is 0. The minimum absolute atomic E-state index is 0.354. The second-order valence-corrected chi connectivity index (χ2v) is 3.20. The molecule has 0 aromatic heterocycles. The molecule has 1 amide bonds. The van der Waals surface area contributed by atoms with Crippen LogP contribution in [0, 0.1) is 0 Å². The molecule has 1 unspecified atom stereocenters. The lowest BCUT2D eigenvalue weighted by atomic mass is 10.4. The maximum absolute atomic E-state index is 11.0. The molecule has 1 spiro atoms. The molecule has 0 aromatic rings. The molecule has 2 nitrogen and oxygen atoms in total. The molecule has 0 saturated carbocycles. The van der Waals surface area contributed by atoms with Crippen LogP contribution in [0.3, 0.4) is 0 Å². The van der Waals surface area contributed by atoms with Crippen molar-refractivity contribution in [3.63, 3.8) is 0 Å². The van der Waals surface area contributed by atoms with E-state index in [0.717, 1.165) is 17.6 Å². The van der Waals surface area contributed by atoms with E-state index in [1.54, 1.807) is 0 Å². The molecular formula is C7H12NO+. The number of carbonyl (C=O) groups excluding carboxylic acids is 1. The normalized spacial score (nSPS) is 37.9. The minimum Gasteiger partial charge on any atom is -0.242 e. The monoisotopic (exact) mass is 126 g/mol. The van der Waals surface area contributed by atoms with Crippen molar-refractivity contribution in [1.29, 1.82) is 0 Å². The van der Waals surface area contributed by atoms with Gasteiger partial charge in [0.15, 0.2) is 0 Å².